The number of nitriles is 2. The van der Waals surface area contributed by atoms with Gasteiger partial charge in [0.1, 0.15) is 6.07 Å². The van der Waals surface area contributed by atoms with Crippen LogP contribution in [0, 0.1) is 34.5 Å². The minimum Gasteiger partial charge on any atom is -0.398 e. The predicted octanol–water partition coefficient (Wildman–Crippen LogP) is 1.02. The van der Waals surface area contributed by atoms with E-state index in [1.165, 1.54) is 0 Å². The van der Waals surface area contributed by atoms with Gasteiger partial charge >= 0.3 is 0 Å². The molecule has 0 bridgehead atoms. The normalized spacial score (nSPS) is 7.54. The first-order chi connectivity index (χ1) is 6.29. The second-order valence-corrected chi connectivity index (χ2v) is 2.24. The van der Waals surface area contributed by atoms with Gasteiger partial charge in [-0.15, -0.1) is 0 Å². The lowest BCUT2D eigenvalue weighted by atomic mass is 10.1. The first kappa shape index (κ1) is 8.65. The van der Waals surface area contributed by atoms with Crippen molar-refractivity contribution in [2.75, 3.05) is 5.73 Å². The summed E-state index contributed by atoms with van der Waals surface area (Å²) in [6, 6.07) is 8.58. The van der Waals surface area contributed by atoms with Crippen molar-refractivity contribution >= 4 is 5.69 Å². The molecule has 0 saturated heterocycles. The molecule has 0 fully saturated rings. The number of hydrogen-bond acceptors (Lipinski definition) is 3. The van der Waals surface area contributed by atoms with E-state index in [2.05, 4.69) is 11.8 Å². The molecule has 0 aliphatic carbocycles. The first-order valence-electron chi connectivity index (χ1n) is 3.48. The van der Waals surface area contributed by atoms with E-state index in [9.17, 15) is 0 Å². The Kier molecular flexibility index (Phi) is 2.54. The highest BCUT2D eigenvalue weighted by molar-refractivity contribution is 5.62. The first-order valence-corrected chi connectivity index (χ1v) is 3.48. The number of nitrogen functional groups attached to an aromatic ring is 1. The molecule has 0 heterocycles. The maximum atomic E-state index is 8.72. The van der Waals surface area contributed by atoms with E-state index < -0.39 is 0 Å². The molecule has 1 aromatic rings. The second-order valence-electron chi connectivity index (χ2n) is 2.24. The van der Waals surface area contributed by atoms with Crippen molar-refractivity contribution in [3.05, 3.63) is 29.3 Å². The third-order valence-corrected chi connectivity index (χ3v) is 1.46. The van der Waals surface area contributed by atoms with E-state index in [1.807, 2.05) is 6.07 Å². The maximum Gasteiger partial charge on any atom is 0.152 e. The maximum absolute atomic E-state index is 8.72. The van der Waals surface area contributed by atoms with Crippen molar-refractivity contribution in [3.8, 4) is 24.0 Å². The number of nitrogens with two attached hydrogens (primary N) is 1. The van der Waals surface area contributed by atoms with Gasteiger partial charge in [-0.2, -0.15) is 10.5 Å². The summed E-state index contributed by atoms with van der Waals surface area (Å²) in [6.45, 7) is 0. The van der Waals surface area contributed by atoms with E-state index in [0.29, 0.717) is 16.8 Å². The van der Waals surface area contributed by atoms with E-state index in [-0.39, 0.29) is 0 Å². The van der Waals surface area contributed by atoms with E-state index in [4.69, 9.17) is 16.3 Å². The lowest BCUT2D eigenvalue weighted by Crippen LogP contribution is -1.92. The molecule has 1 rings (SSSR count). The van der Waals surface area contributed by atoms with Gasteiger partial charge in [0.25, 0.3) is 0 Å². The summed E-state index contributed by atoms with van der Waals surface area (Å²) in [5.74, 6) is 4.76. The Hall–Kier alpha value is -2.44. The molecule has 0 saturated carbocycles. The van der Waals surface area contributed by atoms with Crippen molar-refractivity contribution in [1.82, 2.24) is 0 Å². The lowest BCUT2D eigenvalue weighted by molar-refractivity contribution is 1.47. The van der Waals surface area contributed by atoms with Crippen molar-refractivity contribution in [1.29, 1.82) is 10.5 Å². The lowest BCUT2D eigenvalue weighted by Gasteiger charge is -1.97. The van der Waals surface area contributed by atoms with Crippen LogP contribution in [0.25, 0.3) is 0 Å². The van der Waals surface area contributed by atoms with Crippen LogP contribution in [0.15, 0.2) is 18.2 Å². The van der Waals surface area contributed by atoms with Gasteiger partial charge in [-0.25, -0.2) is 0 Å². The molecule has 0 amide bonds. The third kappa shape index (κ3) is 1.77. The molecule has 60 valence electrons. The molecule has 13 heavy (non-hydrogen) atoms. The van der Waals surface area contributed by atoms with E-state index in [1.54, 1.807) is 24.3 Å². The summed E-state index contributed by atoms with van der Waals surface area (Å²) in [7, 11) is 0. The quantitative estimate of drug-likeness (QED) is 0.463. The molecule has 3 nitrogen and oxygen atoms in total. The van der Waals surface area contributed by atoms with Crippen LogP contribution in [0.1, 0.15) is 11.1 Å². The summed E-state index contributed by atoms with van der Waals surface area (Å²) >= 11 is 0. The highest BCUT2D eigenvalue weighted by Crippen LogP contribution is 2.14. The minimum absolute atomic E-state index is 0.324. The highest BCUT2D eigenvalue weighted by atomic mass is 14.6. The van der Waals surface area contributed by atoms with Crippen molar-refractivity contribution in [3.63, 3.8) is 0 Å². The van der Waals surface area contributed by atoms with Crippen LogP contribution in [0.3, 0.4) is 0 Å². The minimum atomic E-state index is 0.324. The molecular weight excluding hydrogens is 162 g/mol. The molecule has 2 N–H and O–H groups in total. The number of rotatable bonds is 0. The topological polar surface area (TPSA) is 73.6 Å². The number of hydrogen-bond donors (Lipinski definition) is 1. The standard InChI is InChI=1S/C10H5N3/c11-6-2-4-8-3-1-5-10(13)9(8)7-12/h1,3,5H,13H2. The molecule has 0 radical (unpaired) electrons. The number of nitrogens with zero attached hydrogens (tertiary/aromatic N) is 2. The monoisotopic (exact) mass is 167 g/mol. The van der Waals surface area contributed by atoms with Crippen LogP contribution < -0.4 is 5.73 Å². The Balaban J connectivity index is 3.33. The SMILES string of the molecule is N#CC#Cc1cccc(N)c1C#N. The van der Waals surface area contributed by atoms with Crippen LogP contribution in [-0.2, 0) is 0 Å². The van der Waals surface area contributed by atoms with Crippen LogP contribution >= 0.6 is 0 Å². The second kappa shape index (κ2) is 3.81. The largest absolute Gasteiger partial charge is 0.398 e. The zero-order chi connectivity index (χ0) is 9.68. The van der Waals surface area contributed by atoms with Gasteiger partial charge in [-0.3, -0.25) is 0 Å². The predicted molar refractivity (Wildman–Crippen MR) is 48.1 cm³/mol. The number of anilines is 1. The van der Waals surface area contributed by atoms with Crippen molar-refractivity contribution in [2.45, 2.75) is 0 Å². The Morgan fingerprint density at radius 2 is 2.00 bits per heavy atom. The van der Waals surface area contributed by atoms with Gasteiger partial charge in [-0.05, 0) is 18.1 Å². The number of benzene rings is 1. The van der Waals surface area contributed by atoms with Gasteiger partial charge in [0.15, 0.2) is 6.07 Å². The van der Waals surface area contributed by atoms with Crippen molar-refractivity contribution in [2.24, 2.45) is 0 Å². The highest BCUT2D eigenvalue weighted by Gasteiger charge is 2.01. The van der Waals surface area contributed by atoms with Gasteiger partial charge in [0.2, 0.25) is 0 Å². The van der Waals surface area contributed by atoms with Crippen LogP contribution in [0.2, 0.25) is 0 Å². The van der Waals surface area contributed by atoms with Gasteiger partial charge in [0, 0.05) is 11.5 Å². The third-order valence-electron chi connectivity index (χ3n) is 1.46. The fourth-order valence-electron chi connectivity index (χ4n) is 0.894. The Morgan fingerprint density at radius 1 is 1.23 bits per heavy atom. The molecule has 0 aliphatic heterocycles. The average Bonchev–Trinajstić information content (AvgIpc) is 2.15. The van der Waals surface area contributed by atoms with Crippen LogP contribution in [-0.4, -0.2) is 0 Å². The van der Waals surface area contributed by atoms with Gasteiger partial charge < -0.3 is 5.73 Å². The van der Waals surface area contributed by atoms with Gasteiger partial charge in [0.05, 0.1) is 11.3 Å². The molecule has 0 aromatic heterocycles. The molecule has 0 unspecified atom stereocenters. The molecule has 0 atom stereocenters. The molecule has 3 heteroatoms. The van der Waals surface area contributed by atoms with E-state index >= 15 is 0 Å². The van der Waals surface area contributed by atoms with Crippen LogP contribution in [0.4, 0.5) is 5.69 Å². The molecule has 1 aromatic carbocycles. The van der Waals surface area contributed by atoms with Gasteiger partial charge in [-0.1, -0.05) is 6.07 Å². The summed E-state index contributed by atoms with van der Waals surface area (Å²) in [4.78, 5) is 0. The van der Waals surface area contributed by atoms with E-state index in [0.717, 1.165) is 0 Å². The van der Waals surface area contributed by atoms with Crippen molar-refractivity contribution < 1.29 is 0 Å². The fourth-order valence-corrected chi connectivity index (χ4v) is 0.894. The molecule has 0 spiro atoms. The Morgan fingerprint density at radius 3 is 2.62 bits per heavy atom. The Bertz CT molecular complexity index is 464. The summed E-state index contributed by atoms with van der Waals surface area (Å²) in [5, 5.41) is 16.9. The fraction of sp³-hybridized carbons (Fsp3) is 0. The zero-order valence-corrected chi connectivity index (χ0v) is 6.70. The van der Waals surface area contributed by atoms with Crippen LogP contribution in [0.5, 0.6) is 0 Å². The summed E-state index contributed by atoms with van der Waals surface area (Å²) < 4.78 is 0. The summed E-state index contributed by atoms with van der Waals surface area (Å²) in [5.41, 5.74) is 6.73. The Labute approximate surface area is 76.0 Å². The summed E-state index contributed by atoms with van der Waals surface area (Å²) in [6.07, 6.45) is 0. The average molecular weight is 167 g/mol. The zero-order valence-electron chi connectivity index (χ0n) is 6.70. The smallest absolute Gasteiger partial charge is 0.152 e. The molecular formula is C10H5N3. The molecule has 0 aliphatic rings.